The van der Waals surface area contributed by atoms with E-state index < -0.39 is 5.82 Å². The van der Waals surface area contributed by atoms with Crippen LogP contribution in [0.5, 0.6) is 5.75 Å². The van der Waals surface area contributed by atoms with Gasteiger partial charge in [-0.3, -0.25) is 4.79 Å². The van der Waals surface area contributed by atoms with Gasteiger partial charge in [0.15, 0.2) is 5.82 Å². The van der Waals surface area contributed by atoms with E-state index in [1.165, 1.54) is 0 Å². The van der Waals surface area contributed by atoms with E-state index >= 15 is 4.39 Å². The summed E-state index contributed by atoms with van der Waals surface area (Å²) in [4.78, 5) is 20.3. The maximum Gasteiger partial charge on any atom is 0.244 e. The van der Waals surface area contributed by atoms with Gasteiger partial charge in [0.05, 0.1) is 29.7 Å². The van der Waals surface area contributed by atoms with Crippen LogP contribution in [0.15, 0.2) is 72.8 Å². The summed E-state index contributed by atoms with van der Waals surface area (Å²) in [6.45, 7) is 1.09. The smallest absolute Gasteiger partial charge is 0.244 e. The molecule has 4 aromatic carbocycles. The molecule has 1 amide bonds. The topological polar surface area (TPSA) is 101 Å². The van der Waals surface area contributed by atoms with Gasteiger partial charge in [0.1, 0.15) is 11.3 Å². The zero-order valence-corrected chi connectivity index (χ0v) is 24.0. The second kappa shape index (κ2) is 10.3. The van der Waals surface area contributed by atoms with Gasteiger partial charge in [-0.25, -0.2) is 9.37 Å². The summed E-state index contributed by atoms with van der Waals surface area (Å²) in [6.07, 6.45) is 2.01. The maximum absolute atomic E-state index is 17.3. The number of benzene rings is 4. The van der Waals surface area contributed by atoms with E-state index in [0.717, 1.165) is 35.0 Å². The summed E-state index contributed by atoms with van der Waals surface area (Å²) in [5.41, 5.74) is 4.82. The Kier molecular flexibility index (Phi) is 6.24. The first-order chi connectivity index (χ1) is 21.5. The number of phenolic OH excluding ortho intramolecular Hbond substituents is 1. The molecule has 0 spiro atoms. The Morgan fingerprint density at radius 1 is 1.07 bits per heavy atom. The van der Waals surface area contributed by atoms with Crippen LogP contribution in [0.4, 0.5) is 15.8 Å². The molecule has 3 unspecified atom stereocenters. The van der Waals surface area contributed by atoms with E-state index in [1.54, 1.807) is 12.1 Å². The molecule has 4 heterocycles. The van der Waals surface area contributed by atoms with E-state index in [2.05, 4.69) is 21.6 Å². The van der Waals surface area contributed by atoms with Crippen LogP contribution in [0.3, 0.4) is 0 Å². The second-order valence-electron chi connectivity index (χ2n) is 12.1. The van der Waals surface area contributed by atoms with E-state index in [9.17, 15) is 15.2 Å². The lowest BCUT2D eigenvalue weighted by Gasteiger charge is -2.47. The van der Waals surface area contributed by atoms with Crippen LogP contribution in [-0.2, 0) is 17.6 Å². The summed E-state index contributed by atoms with van der Waals surface area (Å²) in [6, 6.07) is 25.3. The number of carbonyl (C=O) groups excluding carboxylic acids is 1. The average Bonchev–Trinajstić information content (AvgIpc) is 3.67. The number of fused-ring (bicyclic) bond motifs is 5. The number of hydrogen-bond acceptors (Lipinski definition) is 6. The summed E-state index contributed by atoms with van der Waals surface area (Å²) in [5, 5.41) is 29.1. The number of nitrogens with zero attached hydrogens (tertiary/aromatic N) is 3. The molecule has 218 valence electrons. The average molecular weight is 584 g/mol. The normalized spacial score (nSPS) is 20.3. The van der Waals surface area contributed by atoms with Crippen LogP contribution in [0.2, 0.25) is 0 Å². The molecule has 9 rings (SSSR count). The van der Waals surface area contributed by atoms with Gasteiger partial charge in [0.25, 0.3) is 0 Å². The number of nitrogens with one attached hydrogen (secondary N) is 2. The monoisotopic (exact) mass is 583 g/mol. The van der Waals surface area contributed by atoms with Gasteiger partial charge in [-0.15, -0.1) is 0 Å². The predicted octanol–water partition coefficient (Wildman–Crippen LogP) is 6.07. The van der Waals surface area contributed by atoms with Crippen molar-refractivity contribution in [1.82, 2.24) is 10.3 Å². The van der Waals surface area contributed by atoms with Crippen LogP contribution in [-0.4, -0.2) is 41.2 Å². The zero-order valence-electron chi connectivity index (χ0n) is 24.0. The molecule has 7 nitrogen and oxygen atoms in total. The molecule has 3 fully saturated rings. The lowest BCUT2D eigenvalue weighted by Crippen LogP contribution is -2.58. The highest BCUT2D eigenvalue weighted by atomic mass is 19.1. The predicted molar refractivity (Wildman–Crippen MR) is 169 cm³/mol. The molecule has 5 aromatic rings. The molecular formula is C36H30FN5O2. The Labute approximate surface area is 253 Å². The number of aryl methyl sites for hydroxylation is 1. The minimum absolute atomic E-state index is 0.0365. The number of hydrogen-bond donors (Lipinski definition) is 3. The molecule has 3 aliphatic heterocycles. The van der Waals surface area contributed by atoms with E-state index in [0.29, 0.717) is 52.2 Å². The number of aromatic nitrogens is 1. The molecule has 2 saturated heterocycles. The van der Waals surface area contributed by atoms with Crippen molar-refractivity contribution in [2.75, 3.05) is 23.3 Å². The Morgan fingerprint density at radius 2 is 1.89 bits per heavy atom. The number of pyridine rings is 1. The lowest BCUT2D eigenvalue weighted by molar-refractivity contribution is -0.115. The highest BCUT2D eigenvalue weighted by Crippen LogP contribution is 2.49. The Hall–Kier alpha value is -5.00. The van der Waals surface area contributed by atoms with Crippen molar-refractivity contribution in [3.8, 4) is 22.9 Å². The molecule has 1 saturated carbocycles. The highest BCUT2D eigenvalue weighted by Gasteiger charge is 2.51. The van der Waals surface area contributed by atoms with Gasteiger partial charge >= 0.3 is 0 Å². The van der Waals surface area contributed by atoms with Crippen molar-refractivity contribution in [2.24, 2.45) is 5.92 Å². The van der Waals surface area contributed by atoms with Gasteiger partial charge in [0, 0.05) is 42.4 Å². The summed E-state index contributed by atoms with van der Waals surface area (Å²) >= 11 is 0. The van der Waals surface area contributed by atoms with Crippen LogP contribution in [0, 0.1) is 23.1 Å². The Bertz CT molecular complexity index is 2010. The third-order valence-electron chi connectivity index (χ3n) is 9.51. The van der Waals surface area contributed by atoms with Crippen molar-refractivity contribution < 1.29 is 14.3 Å². The molecule has 0 radical (unpaired) electrons. The number of anilines is 2. The minimum Gasteiger partial charge on any atom is -0.508 e. The van der Waals surface area contributed by atoms with Crippen LogP contribution in [0.1, 0.15) is 29.7 Å². The lowest BCUT2D eigenvalue weighted by atomic mass is 9.78. The third kappa shape index (κ3) is 4.19. The molecule has 3 N–H and O–H groups in total. The molecule has 8 heteroatoms. The highest BCUT2D eigenvalue weighted by molar-refractivity contribution is 6.11. The van der Waals surface area contributed by atoms with Gasteiger partial charge < -0.3 is 20.6 Å². The van der Waals surface area contributed by atoms with Gasteiger partial charge in [-0.05, 0) is 64.4 Å². The fraction of sp³-hybridized carbons (Fsp3) is 0.250. The molecule has 44 heavy (non-hydrogen) atoms. The first-order valence-electron chi connectivity index (χ1n) is 15.1. The van der Waals surface area contributed by atoms with E-state index in [4.69, 9.17) is 4.98 Å². The second-order valence-corrected chi connectivity index (χ2v) is 12.1. The number of phenols is 1. The molecule has 3 atom stereocenters. The summed E-state index contributed by atoms with van der Waals surface area (Å²) < 4.78 is 17.3. The van der Waals surface area contributed by atoms with Crippen molar-refractivity contribution in [2.45, 2.75) is 37.8 Å². The SMILES string of the molecule is N#CCCc1cc2c3c(c(Cc4ccccc4)nc2c(F)c1-c1cc(O)cc2ccccc12)NC(=O)CN3C1C2CNC1C2. The standard InChI is InChI=1S/C36H30FN5O2/c37-32-31(26-17-24(43)14-21-9-4-5-11-25(21)26)22(10-6-12-38)15-27-33(32)40-28(13-20-7-2-1-3-8-20)34-36(27)42(19-30(44)41-34)35-23-16-29(35)39-18-23/h1-5,7-9,11,14-15,17,23,29,35,39,43H,6,10,13,16,18-19H2,(H,41,44). The molecule has 2 bridgehead atoms. The molecular weight excluding hydrogens is 553 g/mol. The largest absolute Gasteiger partial charge is 0.508 e. The molecule has 1 aromatic heterocycles. The van der Waals surface area contributed by atoms with Crippen molar-refractivity contribution >= 4 is 39.0 Å². The number of halogens is 1. The van der Waals surface area contributed by atoms with Crippen molar-refractivity contribution in [3.63, 3.8) is 0 Å². The number of nitriles is 1. The Balaban J connectivity index is 1.44. The maximum atomic E-state index is 17.3. The van der Waals surface area contributed by atoms with Gasteiger partial charge in [0.2, 0.25) is 5.91 Å². The van der Waals surface area contributed by atoms with Crippen LogP contribution >= 0.6 is 0 Å². The number of amides is 1. The molecule has 1 aliphatic carbocycles. The van der Waals surface area contributed by atoms with Gasteiger partial charge in [-0.1, -0.05) is 54.6 Å². The zero-order chi connectivity index (χ0) is 29.9. The summed E-state index contributed by atoms with van der Waals surface area (Å²) in [7, 11) is 0. The quantitative estimate of drug-likeness (QED) is 0.225. The number of rotatable bonds is 6. The molecule has 4 aliphatic rings. The summed E-state index contributed by atoms with van der Waals surface area (Å²) in [5.74, 6) is -0.142. The van der Waals surface area contributed by atoms with E-state index in [1.807, 2.05) is 60.7 Å². The first-order valence-corrected chi connectivity index (χ1v) is 15.1. The van der Waals surface area contributed by atoms with Crippen LogP contribution < -0.4 is 15.5 Å². The van der Waals surface area contributed by atoms with Crippen molar-refractivity contribution in [1.29, 1.82) is 5.26 Å². The Morgan fingerprint density at radius 3 is 2.66 bits per heavy atom. The number of aromatic hydroxyl groups is 1. The first kappa shape index (κ1) is 26.6. The van der Waals surface area contributed by atoms with Crippen molar-refractivity contribution in [3.05, 3.63) is 95.4 Å². The van der Waals surface area contributed by atoms with E-state index in [-0.39, 0.29) is 42.2 Å². The fourth-order valence-corrected chi connectivity index (χ4v) is 7.56. The third-order valence-corrected chi connectivity index (χ3v) is 9.51. The number of carbonyl (C=O) groups is 1. The minimum atomic E-state index is -0.491. The van der Waals surface area contributed by atoms with Gasteiger partial charge in [-0.2, -0.15) is 5.26 Å². The fourth-order valence-electron chi connectivity index (χ4n) is 7.56. The van der Waals surface area contributed by atoms with Crippen LogP contribution in [0.25, 0.3) is 32.8 Å².